The van der Waals surface area contributed by atoms with Crippen LogP contribution in [0.4, 0.5) is 13.2 Å². The Morgan fingerprint density at radius 1 is 1.25 bits per heavy atom. The molecule has 0 unspecified atom stereocenters. The van der Waals surface area contributed by atoms with Gasteiger partial charge in [-0.3, -0.25) is 0 Å². The molecule has 2 aromatic rings. The van der Waals surface area contributed by atoms with Crippen LogP contribution < -0.4 is 0 Å². The van der Waals surface area contributed by atoms with Crippen LogP contribution in [-0.2, 0) is 12.7 Å². The van der Waals surface area contributed by atoms with Crippen LogP contribution in [0.15, 0.2) is 36.7 Å². The first-order valence-electron chi connectivity index (χ1n) is 5.52. The number of halogens is 4. The molecule has 7 heteroatoms. The van der Waals surface area contributed by atoms with Crippen LogP contribution in [0.25, 0.3) is 0 Å². The maximum Gasteiger partial charge on any atom is 0.418 e. The molecule has 0 atom stereocenters. The quantitative estimate of drug-likeness (QED) is 0.934. The van der Waals surface area contributed by atoms with Gasteiger partial charge in [0, 0.05) is 24.0 Å². The van der Waals surface area contributed by atoms with Crippen molar-refractivity contribution in [2.24, 2.45) is 0 Å². The highest BCUT2D eigenvalue weighted by Crippen LogP contribution is 2.33. The normalized spacial score (nSPS) is 11.6. The third-order valence-electron chi connectivity index (χ3n) is 2.73. The number of carbonyl (C=O) groups is 1. The van der Waals surface area contributed by atoms with E-state index in [9.17, 15) is 18.0 Å². The van der Waals surface area contributed by atoms with Crippen molar-refractivity contribution < 1.29 is 23.1 Å². The van der Waals surface area contributed by atoms with Crippen LogP contribution in [0.2, 0.25) is 5.02 Å². The molecule has 0 aliphatic rings. The second-order valence-electron chi connectivity index (χ2n) is 4.15. The van der Waals surface area contributed by atoms with Crippen molar-refractivity contribution >= 4 is 17.6 Å². The second kappa shape index (κ2) is 5.20. The molecule has 1 aromatic carbocycles. The Morgan fingerprint density at radius 2 is 1.90 bits per heavy atom. The number of benzene rings is 1. The van der Waals surface area contributed by atoms with Gasteiger partial charge < -0.3 is 9.67 Å². The van der Waals surface area contributed by atoms with Gasteiger partial charge in [-0.1, -0.05) is 29.8 Å². The molecule has 1 N–H and O–H groups in total. The van der Waals surface area contributed by atoms with Gasteiger partial charge in [-0.15, -0.1) is 0 Å². The largest absolute Gasteiger partial charge is 0.478 e. The fourth-order valence-electron chi connectivity index (χ4n) is 1.82. The number of rotatable bonds is 3. The van der Waals surface area contributed by atoms with Crippen molar-refractivity contribution in [3.05, 3.63) is 58.4 Å². The fourth-order valence-corrected chi connectivity index (χ4v) is 2.01. The highest BCUT2D eigenvalue weighted by molar-refractivity contribution is 6.31. The molecule has 1 aromatic heterocycles. The number of alkyl halides is 3. The van der Waals surface area contributed by atoms with Crippen molar-refractivity contribution in [1.82, 2.24) is 4.57 Å². The monoisotopic (exact) mass is 303 g/mol. The summed E-state index contributed by atoms with van der Waals surface area (Å²) in [5, 5.41) is 9.23. The number of hydrogen-bond acceptors (Lipinski definition) is 1. The van der Waals surface area contributed by atoms with E-state index >= 15 is 0 Å². The molecular formula is C13H9ClF3NO2. The van der Waals surface area contributed by atoms with Crippen LogP contribution in [0.1, 0.15) is 21.5 Å². The zero-order valence-electron chi connectivity index (χ0n) is 9.99. The predicted octanol–water partition coefficient (Wildman–Crippen LogP) is 3.91. The number of nitrogens with zero attached hydrogens (tertiary/aromatic N) is 1. The van der Waals surface area contributed by atoms with E-state index in [1.165, 1.54) is 0 Å². The van der Waals surface area contributed by atoms with Crippen LogP contribution >= 0.6 is 11.6 Å². The molecule has 0 amide bonds. The highest BCUT2D eigenvalue weighted by atomic mass is 35.5. The first kappa shape index (κ1) is 14.5. The number of aromatic nitrogens is 1. The predicted molar refractivity (Wildman–Crippen MR) is 66.9 cm³/mol. The minimum Gasteiger partial charge on any atom is -0.478 e. The van der Waals surface area contributed by atoms with E-state index in [2.05, 4.69) is 0 Å². The molecule has 106 valence electrons. The standard InChI is InChI=1S/C13H9ClF3NO2/c14-11-4-2-1-3-8(11)5-18-6-9(12(19)20)10(7-18)13(15,16)17/h1-4,6-7H,5H2,(H,19,20). The van der Waals surface area contributed by atoms with Crippen LogP contribution in [0, 0.1) is 0 Å². The Hall–Kier alpha value is -1.95. The van der Waals surface area contributed by atoms with Crippen LogP contribution in [-0.4, -0.2) is 15.6 Å². The summed E-state index contributed by atoms with van der Waals surface area (Å²) in [6.45, 7) is 0.0655. The average molecular weight is 304 g/mol. The summed E-state index contributed by atoms with van der Waals surface area (Å²) >= 11 is 5.92. The van der Waals surface area contributed by atoms with Gasteiger partial charge >= 0.3 is 12.1 Å². The van der Waals surface area contributed by atoms with Gasteiger partial charge in [0.1, 0.15) is 0 Å². The Morgan fingerprint density at radius 3 is 2.40 bits per heavy atom. The smallest absolute Gasteiger partial charge is 0.418 e. The number of aromatic carboxylic acids is 1. The summed E-state index contributed by atoms with van der Waals surface area (Å²) in [4.78, 5) is 10.9. The van der Waals surface area contributed by atoms with Gasteiger partial charge in [0.05, 0.1) is 11.1 Å². The Kier molecular flexibility index (Phi) is 3.76. The lowest BCUT2D eigenvalue weighted by atomic mass is 10.2. The lowest BCUT2D eigenvalue weighted by Crippen LogP contribution is -2.09. The topological polar surface area (TPSA) is 42.2 Å². The molecule has 20 heavy (non-hydrogen) atoms. The molecule has 0 saturated heterocycles. The lowest BCUT2D eigenvalue weighted by Gasteiger charge is -2.06. The van der Waals surface area contributed by atoms with Gasteiger partial charge in [0.25, 0.3) is 0 Å². The number of carboxylic acid groups (broad SMARTS) is 1. The summed E-state index contributed by atoms with van der Waals surface area (Å²) in [6.07, 6.45) is -2.99. The van der Waals surface area contributed by atoms with Crippen molar-refractivity contribution in [1.29, 1.82) is 0 Å². The van der Waals surface area contributed by atoms with E-state index in [0.29, 0.717) is 10.6 Å². The molecular weight excluding hydrogens is 295 g/mol. The first-order valence-corrected chi connectivity index (χ1v) is 5.90. The summed E-state index contributed by atoms with van der Waals surface area (Å²) < 4.78 is 39.4. The molecule has 0 bridgehead atoms. The highest BCUT2D eigenvalue weighted by Gasteiger charge is 2.37. The van der Waals surface area contributed by atoms with E-state index < -0.39 is 23.3 Å². The van der Waals surface area contributed by atoms with Crippen molar-refractivity contribution in [2.75, 3.05) is 0 Å². The molecule has 0 saturated carbocycles. The van der Waals surface area contributed by atoms with Crippen LogP contribution in [0.5, 0.6) is 0 Å². The third-order valence-corrected chi connectivity index (χ3v) is 3.10. The van der Waals surface area contributed by atoms with Crippen molar-refractivity contribution in [3.63, 3.8) is 0 Å². The zero-order chi connectivity index (χ0) is 14.9. The van der Waals surface area contributed by atoms with Gasteiger partial charge in [0.2, 0.25) is 0 Å². The van der Waals surface area contributed by atoms with E-state index in [0.717, 1.165) is 17.0 Å². The fraction of sp³-hybridized carbons (Fsp3) is 0.154. The molecule has 1 heterocycles. The van der Waals surface area contributed by atoms with Crippen molar-refractivity contribution in [2.45, 2.75) is 12.7 Å². The molecule has 0 spiro atoms. The first-order chi connectivity index (χ1) is 9.29. The Balaban J connectivity index is 2.40. The lowest BCUT2D eigenvalue weighted by molar-refractivity contribution is -0.138. The van der Waals surface area contributed by atoms with E-state index in [1.54, 1.807) is 24.3 Å². The minimum absolute atomic E-state index is 0.0655. The summed E-state index contributed by atoms with van der Waals surface area (Å²) in [5.74, 6) is -1.62. The van der Waals surface area contributed by atoms with E-state index in [-0.39, 0.29) is 6.54 Å². The molecule has 0 aliphatic heterocycles. The van der Waals surface area contributed by atoms with Gasteiger partial charge in [0.15, 0.2) is 0 Å². The average Bonchev–Trinajstić information content (AvgIpc) is 2.76. The van der Waals surface area contributed by atoms with Gasteiger partial charge in [-0.05, 0) is 11.6 Å². The number of carboxylic acids is 1. The maximum absolute atomic E-state index is 12.7. The van der Waals surface area contributed by atoms with Gasteiger partial charge in [-0.2, -0.15) is 13.2 Å². The molecule has 0 radical (unpaired) electrons. The maximum atomic E-state index is 12.7. The molecule has 0 aliphatic carbocycles. The van der Waals surface area contributed by atoms with Crippen molar-refractivity contribution in [3.8, 4) is 0 Å². The summed E-state index contributed by atoms with van der Waals surface area (Å²) in [6, 6.07) is 6.68. The van der Waals surface area contributed by atoms with Gasteiger partial charge in [-0.25, -0.2) is 4.79 Å². The SMILES string of the molecule is O=C(O)c1cn(Cc2ccccc2Cl)cc1C(F)(F)F. The Labute approximate surface area is 117 Å². The van der Waals surface area contributed by atoms with E-state index in [1.807, 2.05) is 0 Å². The third kappa shape index (κ3) is 2.96. The molecule has 0 fully saturated rings. The van der Waals surface area contributed by atoms with E-state index in [4.69, 9.17) is 16.7 Å². The number of hydrogen-bond donors (Lipinski definition) is 1. The zero-order valence-corrected chi connectivity index (χ0v) is 10.7. The summed E-state index contributed by atoms with van der Waals surface area (Å²) in [7, 11) is 0. The molecule has 2 rings (SSSR count). The second-order valence-corrected chi connectivity index (χ2v) is 4.56. The Bertz CT molecular complexity index is 649. The minimum atomic E-state index is -4.71. The summed E-state index contributed by atoms with van der Waals surface area (Å²) in [5.41, 5.74) is -1.34. The van der Waals surface area contributed by atoms with Crippen LogP contribution in [0.3, 0.4) is 0 Å². The molecule has 3 nitrogen and oxygen atoms in total.